The first-order valence-corrected chi connectivity index (χ1v) is 5.19. The Morgan fingerprint density at radius 1 is 1.44 bits per heavy atom. The first-order valence-electron chi connectivity index (χ1n) is 4.40. The minimum Gasteiger partial charge on any atom is -0.386 e. The quantitative estimate of drug-likeness (QED) is 0.929. The van der Waals surface area contributed by atoms with Gasteiger partial charge in [-0.2, -0.15) is 13.2 Å². The Morgan fingerprint density at radius 3 is 2.56 bits per heavy atom. The van der Waals surface area contributed by atoms with Crippen molar-refractivity contribution >= 4 is 15.9 Å². The molecule has 0 amide bonds. The molecule has 2 nitrogen and oxygen atoms in total. The van der Waals surface area contributed by atoms with Crippen LogP contribution in [0.2, 0.25) is 0 Å². The first-order chi connectivity index (χ1) is 7.36. The molecule has 0 fully saturated rings. The van der Waals surface area contributed by atoms with Crippen LogP contribution in [0.4, 0.5) is 13.2 Å². The van der Waals surface area contributed by atoms with Gasteiger partial charge in [-0.15, -0.1) is 0 Å². The summed E-state index contributed by atoms with van der Waals surface area (Å²) in [5.74, 6) is 0. The van der Waals surface area contributed by atoms with Crippen molar-refractivity contribution in [3.8, 4) is 0 Å². The van der Waals surface area contributed by atoms with Crippen LogP contribution in [-0.4, -0.2) is 18.8 Å². The van der Waals surface area contributed by atoms with Gasteiger partial charge in [-0.05, 0) is 23.8 Å². The van der Waals surface area contributed by atoms with Crippen molar-refractivity contribution in [3.63, 3.8) is 0 Å². The van der Waals surface area contributed by atoms with Crippen LogP contribution in [0.1, 0.15) is 17.2 Å². The van der Waals surface area contributed by atoms with Crippen LogP contribution >= 0.6 is 15.9 Å². The fourth-order valence-electron chi connectivity index (χ4n) is 1.22. The van der Waals surface area contributed by atoms with Gasteiger partial charge in [0.05, 0.1) is 12.2 Å². The molecule has 0 aliphatic rings. The Hall–Kier alpha value is -0.590. The molecule has 0 heterocycles. The lowest BCUT2D eigenvalue weighted by Crippen LogP contribution is -2.10. The molecule has 1 unspecified atom stereocenters. The van der Waals surface area contributed by atoms with Crippen molar-refractivity contribution in [2.24, 2.45) is 0 Å². The number of ether oxygens (including phenoxy) is 1. The molecule has 0 aliphatic carbocycles. The molecule has 0 saturated carbocycles. The number of alkyl halides is 3. The molecule has 90 valence electrons. The highest BCUT2D eigenvalue weighted by Gasteiger charge is 2.31. The Labute approximate surface area is 99.2 Å². The van der Waals surface area contributed by atoms with Crippen LogP contribution in [-0.2, 0) is 10.9 Å². The van der Waals surface area contributed by atoms with Gasteiger partial charge >= 0.3 is 6.18 Å². The lowest BCUT2D eigenvalue weighted by molar-refractivity contribution is -0.137. The van der Waals surface area contributed by atoms with E-state index in [-0.39, 0.29) is 12.2 Å². The third-order valence-corrected chi connectivity index (χ3v) is 2.73. The van der Waals surface area contributed by atoms with Crippen LogP contribution in [0.3, 0.4) is 0 Å². The second kappa shape index (κ2) is 5.16. The number of methoxy groups -OCH3 is 1. The van der Waals surface area contributed by atoms with Crippen LogP contribution in [0.5, 0.6) is 0 Å². The topological polar surface area (TPSA) is 29.5 Å². The molecule has 0 aliphatic heterocycles. The summed E-state index contributed by atoms with van der Waals surface area (Å²) in [6, 6.07) is 3.12. The lowest BCUT2D eigenvalue weighted by atomic mass is 10.1. The summed E-state index contributed by atoms with van der Waals surface area (Å²) < 4.78 is 42.4. The highest BCUT2D eigenvalue weighted by molar-refractivity contribution is 9.10. The normalized spacial score (nSPS) is 13.9. The number of hydrogen-bond donors (Lipinski definition) is 1. The highest BCUT2D eigenvalue weighted by atomic mass is 79.9. The van der Waals surface area contributed by atoms with Gasteiger partial charge in [-0.25, -0.2) is 0 Å². The van der Waals surface area contributed by atoms with E-state index in [0.29, 0.717) is 4.47 Å². The zero-order valence-electron chi connectivity index (χ0n) is 8.38. The smallest absolute Gasteiger partial charge is 0.386 e. The molecule has 0 spiro atoms. The maximum atomic E-state index is 12.4. The van der Waals surface area contributed by atoms with Crippen LogP contribution in [0.15, 0.2) is 22.7 Å². The van der Waals surface area contributed by atoms with Crippen LogP contribution < -0.4 is 0 Å². The van der Waals surface area contributed by atoms with Crippen molar-refractivity contribution in [1.82, 2.24) is 0 Å². The molecule has 0 radical (unpaired) electrons. The van der Waals surface area contributed by atoms with E-state index in [2.05, 4.69) is 20.7 Å². The van der Waals surface area contributed by atoms with Crippen molar-refractivity contribution in [2.45, 2.75) is 12.3 Å². The molecule has 0 aromatic heterocycles. The molecular formula is C10H10BrF3O2. The number of aliphatic hydroxyl groups is 1. The molecule has 16 heavy (non-hydrogen) atoms. The molecule has 1 aromatic rings. The standard InChI is InChI=1S/C10H10BrF3O2/c1-16-5-9(15)7-4-6(10(12,13)14)2-3-8(7)11/h2-4,9,15H,5H2,1H3. The Morgan fingerprint density at radius 2 is 2.06 bits per heavy atom. The highest BCUT2D eigenvalue weighted by Crippen LogP contribution is 2.33. The van der Waals surface area contributed by atoms with E-state index in [0.717, 1.165) is 12.1 Å². The minimum atomic E-state index is -4.41. The third kappa shape index (κ3) is 3.20. The van der Waals surface area contributed by atoms with E-state index < -0.39 is 17.8 Å². The fourth-order valence-corrected chi connectivity index (χ4v) is 1.73. The third-order valence-electron chi connectivity index (χ3n) is 2.01. The zero-order chi connectivity index (χ0) is 12.3. The second-order valence-corrected chi connectivity index (χ2v) is 4.06. The largest absolute Gasteiger partial charge is 0.416 e. The molecule has 0 saturated heterocycles. The van der Waals surface area contributed by atoms with Crippen molar-refractivity contribution < 1.29 is 23.0 Å². The predicted octanol–water partition coefficient (Wildman–Crippen LogP) is 3.15. The number of aliphatic hydroxyl groups excluding tert-OH is 1. The zero-order valence-corrected chi connectivity index (χ0v) is 9.97. The van der Waals surface area contributed by atoms with Gasteiger partial charge in [-0.3, -0.25) is 0 Å². The number of rotatable bonds is 3. The fraction of sp³-hybridized carbons (Fsp3) is 0.400. The molecular weight excluding hydrogens is 289 g/mol. The maximum absolute atomic E-state index is 12.4. The van der Waals surface area contributed by atoms with E-state index in [9.17, 15) is 18.3 Å². The van der Waals surface area contributed by atoms with E-state index >= 15 is 0 Å². The average molecular weight is 299 g/mol. The summed E-state index contributed by atoms with van der Waals surface area (Å²) in [4.78, 5) is 0. The van der Waals surface area contributed by atoms with Crippen molar-refractivity contribution in [1.29, 1.82) is 0 Å². The molecule has 1 atom stereocenters. The van der Waals surface area contributed by atoms with Gasteiger partial charge in [0.1, 0.15) is 6.10 Å². The Balaban J connectivity index is 3.09. The van der Waals surface area contributed by atoms with Gasteiger partial charge < -0.3 is 9.84 Å². The summed E-state index contributed by atoms with van der Waals surface area (Å²) in [5, 5.41) is 9.57. The second-order valence-electron chi connectivity index (χ2n) is 3.21. The molecule has 0 bridgehead atoms. The predicted molar refractivity (Wildman–Crippen MR) is 56.0 cm³/mol. The van der Waals surface area contributed by atoms with E-state index in [1.807, 2.05) is 0 Å². The molecule has 1 aromatic carbocycles. The summed E-state index contributed by atoms with van der Waals surface area (Å²) in [6.45, 7) is -0.0556. The molecule has 6 heteroatoms. The monoisotopic (exact) mass is 298 g/mol. The number of hydrogen-bond acceptors (Lipinski definition) is 2. The van der Waals surface area contributed by atoms with Crippen molar-refractivity contribution in [3.05, 3.63) is 33.8 Å². The summed E-state index contributed by atoms with van der Waals surface area (Å²) >= 11 is 3.08. The van der Waals surface area contributed by atoms with Gasteiger partial charge in [0.25, 0.3) is 0 Å². The van der Waals surface area contributed by atoms with Gasteiger partial charge in [-0.1, -0.05) is 15.9 Å². The van der Waals surface area contributed by atoms with Gasteiger partial charge in [0.2, 0.25) is 0 Å². The van der Waals surface area contributed by atoms with E-state index in [4.69, 9.17) is 0 Å². The van der Waals surface area contributed by atoms with Crippen LogP contribution in [0, 0.1) is 0 Å². The van der Waals surface area contributed by atoms with Gasteiger partial charge in [0, 0.05) is 11.6 Å². The van der Waals surface area contributed by atoms with E-state index in [1.165, 1.54) is 13.2 Å². The SMILES string of the molecule is COCC(O)c1cc(C(F)(F)F)ccc1Br. The van der Waals surface area contributed by atoms with E-state index in [1.54, 1.807) is 0 Å². The number of halogens is 4. The average Bonchev–Trinajstić information content (AvgIpc) is 2.16. The first kappa shape index (κ1) is 13.5. The summed E-state index contributed by atoms with van der Waals surface area (Å²) in [5.41, 5.74) is -0.627. The summed E-state index contributed by atoms with van der Waals surface area (Å²) in [6.07, 6.45) is -5.50. The number of benzene rings is 1. The molecule has 1 N–H and O–H groups in total. The van der Waals surface area contributed by atoms with Crippen LogP contribution in [0.25, 0.3) is 0 Å². The maximum Gasteiger partial charge on any atom is 0.416 e. The lowest BCUT2D eigenvalue weighted by Gasteiger charge is -2.14. The minimum absolute atomic E-state index is 0.0556. The van der Waals surface area contributed by atoms with Gasteiger partial charge in [0.15, 0.2) is 0 Å². The Kier molecular flexibility index (Phi) is 4.35. The summed E-state index contributed by atoms with van der Waals surface area (Å²) in [7, 11) is 1.37. The molecule has 1 rings (SSSR count). The van der Waals surface area contributed by atoms with Crippen molar-refractivity contribution in [2.75, 3.05) is 13.7 Å². The Bertz CT molecular complexity index is 366.